The third-order valence-electron chi connectivity index (χ3n) is 4.71. The van der Waals surface area contributed by atoms with Crippen LogP contribution >= 0.6 is 0 Å². The summed E-state index contributed by atoms with van der Waals surface area (Å²) < 4.78 is 10.8. The maximum atomic E-state index is 13.1. The lowest BCUT2D eigenvalue weighted by Crippen LogP contribution is -2.35. The van der Waals surface area contributed by atoms with Crippen LogP contribution < -0.4 is 0 Å². The summed E-state index contributed by atoms with van der Waals surface area (Å²) in [5.41, 5.74) is 1.32. The number of hydrogen-bond donors (Lipinski definition) is 0. The van der Waals surface area contributed by atoms with Crippen molar-refractivity contribution in [3.05, 3.63) is 47.3 Å². The summed E-state index contributed by atoms with van der Waals surface area (Å²) in [7, 11) is 0. The van der Waals surface area contributed by atoms with Crippen molar-refractivity contribution >= 4 is 16.9 Å². The van der Waals surface area contributed by atoms with Crippen LogP contribution in [0.25, 0.3) is 11.0 Å². The summed E-state index contributed by atoms with van der Waals surface area (Å²) in [4.78, 5) is 21.5. The molecule has 0 unspecified atom stereocenters. The predicted molar refractivity (Wildman–Crippen MR) is 95.8 cm³/mol. The molecule has 1 saturated heterocycles. The van der Waals surface area contributed by atoms with Crippen LogP contribution in [0.5, 0.6) is 0 Å². The molecule has 2 aromatic heterocycles. The first-order valence-electron chi connectivity index (χ1n) is 8.90. The highest BCUT2D eigenvalue weighted by Crippen LogP contribution is 2.24. The number of rotatable bonds is 3. The van der Waals surface area contributed by atoms with E-state index in [4.69, 9.17) is 8.94 Å². The number of carbonyl (C=O) groups is 1. The van der Waals surface area contributed by atoms with E-state index in [2.05, 4.69) is 15.0 Å². The van der Waals surface area contributed by atoms with E-state index in [9.17, 15) is 4.79 Å². The molecule has 0 bridgehead atoms. The summed E-state index contributed by atoms with van der Waals surface area (Å²) in [5.74, 6) is 2.12. The van der Waals surface area contributed by atoms with E-state index in [1.54, 1.807) is 6.92 Å². The van der Waals surface area contributed by atoms with Gasteiger partial charge in [0.1, 0.15) is 11.3 Å². The molecule has 3 heterocycles. The Bertz CT molecular complexity index is 930. The highest BCUT2D eigenvalue weighted by molar-refractivity contribution is 6.05. The van der Waals surface area contributed by atoms with Gasteiger partial charge < -0.3 is 13.8 Å². The van der Waals surface area contributed by atoms with Crippen molar-refractivity contribution in [2.24, 2.45) is 0 Å². The monoisotopic (exact) mass is 354 g/mol. The summed E-state index contributed by atoms with van der Waals surface area (Å²) >= 11 is 0. The van der Waals surface area contributed by atoms with Gasteiger partial charge in [0.25, 0.3) is 5.91 Å². The predicted octanol–water partition coefficient (Wildman–Crippen LogP) is 2.78. The molecule has 0 spiro atoms. The molecule has 136 valence electrons. The van der Waals surface area contributed by atoms with Gasteiger partial charge in [0.2, 0.25) is 5.89 Å². The first kappa shape index (κ1) is 16.8. The molecular formula is C19H22N4O3. The van der Waals surface area contributed by atoms with Gasteiger partial charge in [0.15, 0.2) is 5.82 Å². The van der Waals surface area contributed by atoms with Gasteiger partial charge in [-0.2, -0.15) is 4.98 Å². The summed E-state index contributed by atoms with van der Waals surface area (Å²) in [6.45, 7) is 7.43. The van der Waals surface area contributed by atoms with Crippen LogP contribution in [0, 0.1) is 13.8 Å². The van der Waals surface area contributed by atoms with Crippen molar-refractivity contribution in [3.8, 4) is 0 Å². The molecule has 26 heavy (non-hydrogen) atoms. The van der Waals surface area contributed by atoms with Gasteiger partial charge in [-0.1, -0.05) is 17.3 Å². The number of para-hydroxylation sites is 1. The number of carbonyl (C=O) groups excluding carboxylic acids is 1. The fraction of sp³-hybridized carbons (Fsp3) is 0.421. The van der Waals surface area contributed by atoms with Gasteiger partial charge in [0, 0.05) is 38.5 Å². The molecule has 1 fully saturated rings. The van der Waals surface area contributed by atoms with Crippen molar-refractivity contribution in [1.29, 1.82) is 0 Å². The van der Waals surface area contributed by atoms with Crippen LogP contribution in [0.3, 0.4) is 0 Å². The van der Waals surface area contributed by atoms with Crippen molar-refractivity contribution in [2.75, 3.05) is 26.2 Å². The lowest BCUT2D eigenvalue weighted by molar-refractivity contribution is 0.0761. The molecule has 0 atom stereocenters. The van der Waals surface area contributed by atoms with E-state index in [1.807, 2.05) is 36.1 Å². The smallest absolute Gasteiger partial charge is 0.257 e. The zero-order chi connectivity index (χ0) is 18.1. The van der Waals surface area contributed by atoms with E-state index in [0.29, 0.717) is 36.0 Å². The van der Waals surface area contributed by atoms with Gasteiger partial charge in [-0.05, 0) is 25.5 Å². The minimum Gasteiger partial charge on any atom is -0.461 e. The van der Waals surface area contributed by atoms with E-state index in [0.717, 1.165) is 37.2 Å². The Balaban J connectivity index is 1.47. The quantitative estimate of drug-likeness (QED) is 0.720. The second-order valence-corrected chi connectivity index (χ2v) is 6.73. The summed E-state index contributed by atoms with van der Waals surface area (Å²) in [6, 6.07) is 7.69. The molecule has 7 heteroatoms. The molecular weight excluding hydrogens is 332 g/mol. The third kappa shape index (κ3) is 3.35. The van der Waals surface area contributed by atoms with Crippen molar-refractivity contribution < 1.29 is 13.7 Å². The van der Waals surface area contributed by atoms with E-state index in [1.165, 1.54) is 0 Å². The molecule has 0 radical (unpaired) electrons. The fourth-order valence-corrected chi connectivity index (χ4v) is 3.47. The first-order chi connectivity index (χ1) is 12.6. The molecule has 7 nitrogen and oxygen atoms in total. The molecule has 4 rings (SSSR count). The Morgan fingerprint density at radius 3 is 2.88 bits per heavy atom. The Morgan fingerprint density at radius 2 is 2.08 bits per heavy atom. The number of hydrogen-bond acceptors (Lipinski definition) is 6. The minimum atomic E-state index is 0.0298. The zero-order valence-corrected chi connectivity index (χ0v) is 15.1. The van der Waals surface area contributed by atoms with Crippen LogP contribution in [-0.2, 0) is 6.54 Å². The first-order valence-corrected chi connectivity index (χ1v) is 8.90. The molecule has 1 aliphatic heterocycles. The maximum Gasteiger partial charge on any atom is 0.257 e. The number of amides is 1. The number of fused-ring (bicyclic) bond motifs is 1. The van der Waals surface area contributed by atoms with Gasteiger partial charge in [-0.3, -0.25) is 9.69 Å². The second-order valence-electron chi connectivity index (χ2n) is 6.73. The molecule has 3 aromatic rings. The largest absolute Gasteiger partial charge is 0.461 e. The number of aryl methyl sites for hydroxylation is 2. The molecule has 1 aromatic carbocycles. The van der Waals surface area contributed by atoms with Gasteiger partial charge in [-0.15, -0.1) is 0 Å². The molecule has 1 amide bonds. The van der Waals surface area contributed by atoms with E-state index < -0.39 is 0 Å². The van der Waals surface area contributed by atoms with Gasteiger partial charge in [-0.25, -0.2) is 0 Å². The zero-order valence-electron chi connectivity index (χ0n) is 15.1. The number of benzene rings is 1. The van der Waals surface area contributed by atoms with Crippen molar-refractivity contribution in [1.82, 2.24) is 19.9 Å². The van der Waals surface area contributed by atoms with Crippen LogP contribution in [0.2, 0.25) is 0 Å². The lowest BCUT2D eigenvalue weighted by atomic mass is 10.1. The Kier molecular flexibility index (Phi) is 4.46. The average Bonchev–Trinajstić information content (AvgIpc) is 3.12. The molecule has 0 saturated carbocycles. The third-order valence-corrected chi connectivity index (χ3v) is 4.71. The Morgan fingerprint density at radius 1 is 1.19 bits per heavy atom. The maximum absolute atomic E-state index is 13.1. The second kappa shape index (κ2) is 6.92. The number of nitrogens with zero attached hydrogens (tertiary/aromatic N) is 4. The fourth-order valence-electron chi connectivity index (χ4n) is 3.47. The van der Waals surface area contributed by atoms with Crippen LogP contribution in [0.4, 0.5) is 0 Å². The topological polar surface area (TPSA) is 75.6 Å². The Hall–Kier alpha value is -2.67. The van der Waals surface area contributed by atoms with Crippen LogP contribution in [-0.4, -0.2) is 52.0 Å². The molecule has 0 N–H and O–H groups in total. The average molecular weight is 354 g/mol. The number of aromatic nitrogens is 2. The minimum absolute atomic E-state index is 0.0298. The van der Waals surface area contributed by atoms with Gasteiger partial charge in [0.05, 0.1) is 12.1 Å². The highest BCUT2D eigenvalue weighted by Gasteiger charge is 2.23. The van der Waals surface area contributed by atoms with Crippen molar-refractivity contribution in [2.45, 2.75) is 26.8 Å². The summed E-state index contributed by atoms with van der Waals surface area (Å²) in [6.07, 6.45) is 0.912. The number of furan rings is 1. The normalized spacial score (nSPS) is 16.2. The molecule has 1 aliphatic rings. The summed E-state index contributed by atoms with van der Waals surface area (Å²) in [5, 5.41) is 4.93. The molecule has 0 aliphatic carbocycles. The van der Waals surface area contributed by atoms with Crippen LogP contribution in [0.15, 0.2) is 33.2 Å². The lowest BCUT2D eigenvalue weighted by Gasteiger charge is -2.21. The Labute approximate surface area is 151 Å². The van der Waals surface area contributed by atoms with E-state index >= 15 is 0 Å². The standard InChI is InChI=1S/C19H22N4O3/c1-13-11-15-5-3-6-16(18(15)25-13)19(24)23-8-4-7-22(9-10-23)12-17-20-14(2)26-21-17/h3,5-6,11H,4,7-10,12H2,1-2H3. The van der Waals surface area contributed by atoms with Crippen LogP contribution in [0.1, 0.15) is 34.3 Å². The SMILES string of the molecule is Cc1cc2cccc(C(=O)N3CCCN(Cc4noc(C)n4)CC3)c2o1. The highest BCUT2D eigenvalue weighted by atomic mass is 16.5. The van der Waals surface area contributed by atoms with E-state index in [-0.39, 0.29) is 5.91 Å². The van der Waals surface area contributed by atoms with Gasteiger partial charge >= 0.3 is 0 Å². The van der Waals surface area contributed by atoms with Crippen molar-refractivity contribution in [3.63, 3.8) is 0 Å².